The van der Waals surface area contributed by atoms with Crippen LogP contribution in [0.3, 0.4) is 0 Å². The van der Waals surface area contributed by atoms with Gasteiger partial charge in [0.2, 0.25) is 0 Å². The number of carbonyl (C=O) groups is 1. The van der Waals surface area contributed by atoms with Crippen molar-refractivity contribution in [3.63, 3.8) is 0 Å². The first-order valence-corrected chi connectivity index (χ1v) is 11.9. The Morgan fingerprint density at radius 2 is 1.86 bits per heavy atom. The predicted molar refractivity (Wildman–Crippen MR) is 133 cm³/mol. The van der Waals surface area contributed by atoms with Crippen LogP contribution in [0, 0.1) is 0 Å². The summed E-state index contributed by atoms with van der Waals surface area (Å²) in [6.45, 7) is 0.293. The van der Waals surface area contributed by atoms with Crippen LogP contribution in [0.25, 0.3) is 0 Å². The molecule has 0 radical (unpaired) electrons. The summed E-state index contributed by atoms with van der Waals surface area (Å²) in [6, 6.07) is 21.4. The van der Waals surface area contributed by atoms with Crippen molar-refractivity contribution >= 4 is 5.78 Å². The van der Waals surface area contributed by atoms with Crippen molar-refractivity contribution in [2.75, 3.05) is 7.11 Å². The van der Waals surface area contributed by atoms with E-state index in [0.717, 1.165) is 52.4 Å². The molecule has 178 valence electrons. The van der Waals surface area contributed by atoms with Gasteiger partial charge in [0, 0.05) is 42.4 Å². The second-order valence-corrected chi connectivity index (χ2v) is 8.57. The number of Topliss-reactive ketones (excluding diaryl/α,β-unsaturated/α-hetero) is 1. The number of carbonyl (C=O) groups excluding carboxylic acids is 1. The Morgan fingerprint density at radius 3 is 2.66 bits per heavy atom. The molecule has 0 aliphatic heterocycles. The van der Waals surface area contributed by atoms with Crippen LogP contribution in [0.1, 0.15) is 51.8 Å². The molecule has 0 fully saturated rings. The standard InChI is InChI=1S/C29H28N2O4/c1-33-21-9-5-10-22(17-21)34-19-25-23-11-6-12-26(32)24(23)13-14-27(25)35-28(18-29-30-15-16-31-29)20-7-3-2-4-8-20/h2-5,7-10,13-17,28H,6,11-12,18-19H2,1H3,(H,30,31)/t28-/m0/s1. The molecule has 0 bridgehead atoms. The number of ether oxygens (including phenoxy) is 3. The fourth-order valence-corrected chi connectivity index (χ4v) is 4.53. The number of H-pyrrole nitrogens is 1. The largest absolute Gasteiger partial charge is 0.497 e. The van der Waals surface area contributed by atoms with Crippen molar-refractivity contribution in [3.05, 3.63) is 107 Å². The molecule has 6 nitrogen and oxygen atoms in total. The third-order valence-corrected chi connectivity index (χ3v) is 6.32. The minimum absolute atomic E-state index is 0.177. The molecule has 5 rings (SSSR count). The Bertz CT molecular complexity index is 1290. The van der Waals surface area contributed by atoms with Gasteiger partial charge in [0.25, 0.3) is 0 Å². The summed E-state index contributed by atoms with van der Waals surface area (Å²) < 4.78 is 18.2. The van der Waals surface area contributed by atoms with Crippen LogP contribution < -0.4 is 14.2 Å². The van der Waals surface area contributed by atoms with Gasteiger partial charge in [0.05, 0.1) is 7.11 Å². The highest BCUT2D eigenvalue weighted by molar-refractivity contribution is 5.99. The van der Waals surface area contributed by atoms with Crippen LogP contribution in [0.2, 0.25) is 0 Å². The summed E-state index contributed by atoms with van der Waals surface area (Å²) in [4.78, 5) is 20.2. The van der Waals surface area contributed by atoms with Crippen LogP contribution in [0.5, 0.6) is 17.2 Å². The van der Waals surface area contributed by atoms with E-state index in [2.05, 4.69) is 22.1 Å². The molecule has 1 heterocycles. The van der Waals surface area contributed by atoms with E-state index in [0.29, 0.717) is 25.2 Å². The van der Waals surface area contributed by atoms with Crippen LogP contribution in [0.4, 0.5) is 0 Å². The summed E-state index contributed by atoms with van der Waals surface area (Å²) >= 11 is 0. The number of aromatic nitrogens is 2. The number of benzene rings is 3. The molecule has 1 aliphatic rings. The molecule has 3 aromatic carbocycles. The Kier molecular flexibility index (Phi) is 6.80. The second kappa shape index (κ2) is 10.5. The van der Waals surface area contributed by atoms with Crippen LogP contribution >= 0.6 is 0 Å². The number of aromatic amines is 1. The number of ketones is 1. The maximum absolute atomic E-state index is 12.7. The van der Waals surface area contributed by atoms with Gasteiger partial charge in [-0.1, -0.05) is 36.4 Å². The lowest BCUT2D eigenvalue weighted by atomic mass is 9.87. The first-order chi connectivity index (χ1) is 17.2. The fourth-order valence-electron chi connectivity index (χ4n) is 4.53. The van der Waals surface area contributed by atoms with E-state index in [1.165, 1.54) is 0 Å². The third-order valence-electron chi connectivity index (χ3n) is 6.32. The smallest absolute Gasteiger partial charge is 0.163 e. The van der Waals surface area contributed by atoms with Crippen LogP contribution in [-0.2, 0) is 19.4 Å². The first-order valence-electron chi connectivity index (χ1n) is 11.9. The van der Waals surface area contributed by atoms with Gasteiger partial charge >= 0.3 is 0 Å². The van der Waals surface area contributed by atoms with Gasteiger partial charge in [-0.05, 0) is 48.2 Å². The maximum atomic E-state index is 12.7. The zero-order valence-corrected chi connectivity index (χ0v) is 19.7. The zero-order valence-electron chi connectivity index (χ0n) is 19.7. The third kappa shape index (κ3) is 5.22. The minimum Gasteiger partial charge on any atom is -0.497 e. The van der Waals surface area contributed by atoms with Crippen LogP contribution in [-0.4, -0.2) is 22.9 Å². The summed E-state index contributed by atoms with van der Waals surface area (Å²) in [5.41, 5.74) is 3.76. The molecule has 0 saturated carbocycles. The molecule has 4 aromatic rings. The molecular formula is C29H28N2O4. The second-order valence-electron chi connectivity index (χ2n) is 8.57. The monoisotopic (exact) mass is 468 g/mol. The highest BCUT2D eigenvalue weighted by atomic mass is 16.5. The number of hydrogen-bond donors (Lipinski definition) is 1. The fraction of sp³-hybridized carbons (Fsp3) is 0.241. The van der Waals surface area contributed by atoms with Crippen molar-refractivity contribution in [2.24, 2.45) is 0 Å². The zero-order chi connectivity index (χ0) is 24.0. The lowest BCUT2D eigenvalue weighted by Crippen LogP contribution is -2.18. The Morgan fingerprint density at radius 1 is 1.00 bits per heavy atom. The average molecular weight is 469 g/mol. The van der Waals surface area contributed by atoms with Gasteiger partial charge in [-0.2, -0.15) is 0 Å². The highest BCUT2D eigenvalue weighted by Gasteiger charge is 2.25. The number of nitrogens with one attached hydrogen (secondary N) is 1. The molecule has 0 amide bonds. The van der Waals surface area contributed by atoms with Crippen LogP contribution in [0.15, 0.2) is 79.1 Å². The van der Waals surface area contributed by atoms with E-state index in [-0.39, 0.29) is 11.9 Å². The number of rotatable bonds is 9. The summed E-state index contributed by atoms with van der Waals surface area (Å²) in [5.74, 6) is 3.18. The molecular weight excluding hydrogens is 440 g/mol. The highest BCUT2D eigenvalue weighted by Crippen LogP contribution is 2.35. The van der Waals surface area contributed by atoms with Gasteiger partial charge in [0.15, 0.2) is 5.78 Å². The molecule has 35 heavy (non-hydrogen) atoms. The summed E-state index contributed by atoms with van der Waals surface area (Å²) in [5, 5.41) is 0. The number of imidazole rings is 1. The Balaban J connectivity index is 1.49. The van der Waals surface area contributed by atoms with E-state index in [1.807, 2.05) is 60.8 Å². The molecule has 0 unspecified atom stereocenters. The Labute approximate surface area is 204 Å². The van der Waals surface area contributed by atoms with Crippen molar-refractivity contribution in [1.82, 2.24) is 9.97 Å². The topological polar surface area (TPSA) is 73.4 Å². The van der Waals surface area contributed by atoms with Gasteiger partial charge < -0.3 is 19.2 Å². The van der Waals surface area contributed by atoms with Crippen molar-refractivity contribution < 1.29 is 19.0 Å². The van der Waals surface area contributed by atoms with E-state index in [1.54, 1.807) is 13.3 Å². The van der Waals surface area contributed by atoms with Gasteiger partial charge in [-0.15, -0.1) is 0 Å². The molecule has 0 saturated heterocycles. The summed E-state index contributed by atoms with van der Waals surface area (Å²) in [6.07, 6.45) is 6.12. The van der Waals surface area contributed by atoms with E-state index in [9.17, 15) is 4.79 Å². The quantitative estimate of drug-likeness (QED) is 0.332. The molecule has 0 spiro atoms. The molecule has 6 heteroatoms. The lowest BCUT2D eigenvalue weighted by Gasteiger charge is -2.25. The number of nitrogens with zero attached hydrogens (tertiary/aromatic N) is 1. The first kappa shape index (κ1) is 22.7. The number of hydrogen-bond acceptors (Lipinski definition) is 5. The van der Waals surface area contributed by atoms with E-state index in [4.69, 9.17) is 14.2 Å². The number of methoxy groups -OCH3 is 1. The molecule has 1 N–H and O–H groups in total. The summed E-state index contributed by atoms with van der Waals surface area (Å²) in [7, 11) is 1.63. The van der Waals surface area contributed by atoms with Crippen molar-refractivity contribution in [2.45, 2.75) is 38.4 Å². The Hall–Kier alpha value is -4.06. The van der Waals surface area contributed by atoms with E-state index < -0.39 is 0 Å². The van der Waals surface area contributed by atoms with E-state index >= 15 is 0 Å². The van der Waals surface area contributed by atoms with Gasteiger partial charge in [0.1, 0.15) is 35.8 Å². The van der Waals surface area contributed by atoms with Crippen molar-refractivity contribution in [1.29, 1.82) is 0 Å². The predicted octanol–water partition coefficient (Wildman–Crippen LogP) is 5.88. The minimum atomic E-state index is -0.254. The number of fused-ring (bicyclic) bond motifs is 1. The van der Waals surface area contributed by atoms with Gasteiger partial charge in [-0.25, -0.2) is 4.98 Å². The van der Waals surface area contributed by atoms with Gasteiger partial charge in [-0.3, -0.25) is 4.79 Å². The molecule has 1 atom stereocenters. The van der Waals surface area contributed by atoms with Crippen molar-refractivity contribution in [3.8, 4) is 17.2 Å². The average Bonchev–Trinajstić information content (AvgIpc) is 3.41. The normalized spacial score (nSPS) is 13.7. The SMILES string of the molecule is COc1cccc(OCc2c(O[C@@H](Cc3ncc[nH]3)c3ccccc3)ccc3c2CCCC3=O)c1. The lowest BCUT2D eigenvalue weighted by molar-refractivity contribution is 0.0971. The molecule has 1 aromatic heterocycles. The molecule has 1 aliphatic carbocycles. The maximum Gasteiger partial charge on any atom is 0.163 e.